The molecular weight excluding hydrogens is 514 g/mol. The second-order valence-corrected chi connectivity index (χ2v) is 12.0. The summed E-state index contributed by atoms with van der Waals surface area (Å²) in [6, 6.07) is 41.0. The minimum absolute atomic E-state index is 0.0663. The predicted molar refractivity (Wildman–Crippen MR) is 159 cm³/mol. The van der Waals surface area contributed by atoms with Crippen LogP contribution in [0, 0.1) is 0 Å². The van der Waals surface area contributed by atoms with Gasteiger partial charge in [-0.3, -0.25) is 4.79 Å². The van der Waals surface area contributed by atoms with Gasteiger partial charge in [0.25, 0.3) is 0 Å². The third-order valence-electron chi connectivity index (χ3n) is 7.93. The summed E-state index contributed by atoms with van der Waals surface area (Å²) in [5.74, 6) is -0.265. The van der Waals surface area contributed by atoms with Crippen molar-refractivity contribution < 1.29 is 13.2 Å². The molecule has 40 heavy (non-hydrogen) atoms. The van der Waals surface area contributed by atoms with Gasteiger partial charge in [0.05, 0.1) is 20.8 Å². The first kappa shape index (κ1) is 22.9. The van der Waals surface area contributed by atoms with E-state index in [9.17, 15) is 13.2 Å². The van der Waals surface area contributed by atoms with Crippen LogP contribution < -0.4 is 0 Å². The van der Waals surface area contributed by atoms with E-state index in [2.05, 4.69) is 83.4 Å². The highest BCUT2D eigenvalue weighted by Crippen LogP contribution is 2.37. The van der Waals surface area contributed by atoms with Crippen LogP contribution in [0.4, 0.5) is 0 Å². The monoisotopic (exact) mass is 535 g/mol. The lowest BCUT2D eigenvalue weighted by atomic mass is 9.96. The Labute approximate surface area is 230 Å². The molecule has 0 saturated heterocycles. The maximum atomic E-state index is 13.3. The Kier molecular flexibility index (Phi) is 4.73. The molecule has 0 N–H and O–H groups in total. The van der Waals surface area contributed by atoms with Crippen molar-refractivity contribution in [3.63, 3.8) is 0 Å². The minimum Gasteiger partial charge on any atom is -0.309 e. The van der Waals surface area contributed by atoms with E-state index >= 15 is 0 Å². The highest BCUT2D eigenvalue weighted by molar-refractivity contribution is 7.91. The van der Waals surface area contributed by atoms with Gasteiger partial charge in [-0.25, -0.2) is 8.42 Å². The number of fused-ring (bicyclic) bond motifs is 6. The van der Waals surface area contributed by atoms with Crippen molar-refractivity contribution in [3.8, 4) is 16.8 Å². The number of rotatable bonds is 2. The summed E-state index contributed by atoms with van der Waals surface area (Å²) < 4.78 is 28.7. The van der Waals surface area contributed by atoms with Crippen molar-refractivity contribution in [2.45, 2.75) is 9.79 Å². The van der Waals surface area contributed by atoms with E-state index < -0.39 is 9.84 Å². The van der Waals surface area contributed by atoms with Crippen LogP contribution in [0.15, 0.2) is 137 Å². The zero-order valence-corrected chi connectivity index (χ0v) is 22.0. The van der Waals surface area contributed by atoms with Gasteiger partial charge in [0, 0.05) is 27.6 Å². The first-order chi connectivity index (χ1) is 19.5. The molecule has 6 aromatic carbocycles. The number of benzene rings is 6. The summed E-state index contributed by atoms with van der Waals surface area (Å²) in [6.45, 7) is 0. The molecule has 7 aromatic rings. The summed E-state index contributed by atoms with van der Waals surface area (Å²) in [7, 11) is -3.75. The van der Waals surface area contributed by atoms with Crippen molar-refractivity contribution in [1.29, 1.82) is 0 Å². The second kappa shape index (κ2) is 8.25. The SMILES string of the molecule is O=C1c2ccccc2S(=O)(=O)c2ccc(-c3ccc4cc(-n5c6ccccc6c6ccccc65)ccc4c3)cc21. The Bertz CT molecular complexity index is 2260. The van der Waals surface area contributed by atoms with Crippen molar-refractivity contribution in [1.82, 2.24) is 4.57 Å². The molecule has 8 rings (SSSR count). The van der Waals surface area contributed by atoms with Gasteiger partial charge in [-0.15, -0.1) is 0 Å². The van der Waals surface area contributed by atoms with Crippen LogP contribution in [0.1, 0.15) is 15.9 Å². The number of ketones is 1. The molecule has 0 radical (unpaired) electrons. The molecule has 4 nitrogen and oxygen atoms in total. The molecule has 2 heterocycles. The van der Waals surface area contributed by atoms with E-state index in [0.29, 0.717) is 0 Å². The molecule has 1 aliphatic rings. The summed E-state index contributed by atoms with van der Waals surface area (Å²) in [5.41, 5.74) is 5.58. The normalized spacial score (nSPS) is 13.9. The molecule has 1 aromatic heterocycles. The lowest BCUT2D eigenvalue weighted by Crippen LogP contribution is -2.20. The average molecular weight is 536 g/mol. The number of nitrogens with zero attached hydrogens (tertiary/aromatic N) is 1. The number of aromatic nitrogens is 1. The molecule has 190 valence electrons. The van der Waals surface area contributed by atoms with E-state index in [0.717, 1.165) is 38.6 Å². The molecule has 0 fully saturated rings. The second-order valence-electron chi connectivity index (χ2n) is 10.2. The fourth-order valence-corrected chi connectivity index (χ4v) is 7.66. The summed E-state index contributed by atoms with van der Waals surface area (Å²) in [5, 5.41) is 4.60. The first-order valence-corrected chi connectivity index (χ1v) is 14.5. The Morgan fingerprint density at radius 3 is 1.85 bits per heavy atom. The van der Waals surface area contributed by atoms with Crippen molar-refractivity contribution in [3.05, 3.63) is 139 Å². The third kappa shape index (κ3) is 3.19. The standard InChI is InChI=1S/C35H21NO3S/c37-35-29-9-3-6-12-33(29)40(38,39)34-18-16-25(21-30(34)35)22-13-14-24-20-26(17-15-23(24)19-22)36-31-10-4-1-7-27(31)28-8-2-5-11-32(28)36/h1-21H. The van der Waals surface area contributed by atoms with E-state index in [1.54, 1.807) is 36.4 Å². The molecule has 5 heteroatoms. The fourth-order valence-electron chi connectivity index (χ4n) is 6.03. The summed E-state index contributed by atoms with van der Waals surface area (Å²) in [6.07, 6.45) is 0. The molecular formula is C35H21NO3S. The predicted octanol–water partition coefficient (Wildman–Crippen LogP) is 7.98. The number of hydrogen-bond donors (Lipinski definition) is 0. The van der Waals surface area contributed by atoms with Crippen LogP contribution in [0.25, 0.3) is 49.4 Å². The number of carbonyl (C=O) groups excluding carboxylic acids is 1. The Morgan fingerprint density at radius 1 is 0.500 bits per heavy atom. The van der Waals surface area contributed by atoms with Gasteiger partial charge in [-0.05, 0) is 76.5 Å². The third-order valence-corrected chi connectivity index (χ3v) is 9.80. The van der Waals surface area contributed by atoms with Gasteiger partial charge in [0.2, 0.25) is 9.84 Å². The fraction of sp³-hybridized carbons (Fsp3) is 0. The molecule has 0 bridgehead atoms. The highest BCUT2D eigenvalue weighted by atomic mass is 32.2. The molecule has 0 saturated carbocycles. The summed E-state index contributed by atoms with van der Waals surface area (Å²) in [4.78, 5) is 13.4. The lowest BCUT2D eigenvalue weighted by Gasteiger charge is -2.19. The zero-order chi connectivity index (χ0) is 27.0. The Balaban J connectivity index is 1.24. The average Bonchev–Trinajstić information content (AvgIpc) is 3.34. The molecule has 0 unspecified atom stereocenters. The van der Waals surface area contributed by atoms with E-state index in [1.807, 2.05) is 6.07 Å². The largest absolute Gasteiger partial charge is 0.309 e. The maximum absolute atomic E-state index is 13.3. The van der Waals surface area contributed by atoms with Gasteiger partial charge in [0.1, 0.15) is 0 Å². The quantitative estimate of drug-likeness (QED) is 0.225. The number of para-hydroxylation sites is 2. The molecule has 0 spiro atoms. The minimum atomic E-state index is -3.75. The molecule has 0 aliphatic carbocycles. The highest BCUT2D eigenvalue weighted by Gasteiger charge is 2.34. The number of hydrogen-bond acceptors (Lipinski definition) is 3. The van der Waals surface area contributed by atoms with Gasteiger partial charge in [-0.2, -0.15) is 0 Å². The van der Waals surface area contributed by atoms with Crippen LogP contribution in [0.5, 0.6) is 0 Å². The van der Waals surface area contributed by atoms with Gasteiger partial charge < -0.3 is 4.57 Å². The number of carbonyl (C=O) groups is 1. The maximum Gasteiger partial charge on any atom is 0.208 e. The number of sulfone groups is 1. The van der Waals surface area contributed by atoms with Crippen molar-refractivity contribution in [2.75, 3.05) is 0 Å². The molecule has 0 amide bonds. The van der Waals surface area contributed by atoms with Gasteiger partial charge >= 0.3 is 0 Å². The van der Waals surface area contributed by atoms with Crippen molar-refractivity contribution in [2.24, 2.45) is 0 Å². The first-order valence-electron chi connectivity index (χ1n) is 13.1. The molecule has 1 aliphatic heterocycles. The summed E-state index contributed by atoms with van der Waals surface area (Å²) >= 11 is 0. The van der Waals surface area contributed by atoms with Gasteiger partial charge in [0.15, 0.2) is 5.78 Å². The van der Waals surface area contributed by atoms with Crippen LogP contribution in [0.2, 0.25) is 0 Å². The Morgan fingerprint density at radius 2 is 1.07 bits per heavy atom. The zero-order valence-electron chi connectivity index (χ0n) is 21.2. The smallest absolute Gasteiger partial charge is 0.208 e. The van der Waals surface area contributed by atoms with E-state index in [-0.39, 0.29) is 26.7 Å². The topological polar surface area (TPSA) is 56.1 Å². The van der Waals surface area contributed by atoms with Crippen LogP contribution in [-0.4, -0.2) is 18.8 Å². The van der Waals surface area contributed by atoms with Crippen LogP contribution >= 0.6 is 0 Å². The lowest BCUT2D eigenvalue weighted by molar-refractivity contribution is 0.103. The van der Waals surface area contributed by atoms with Crippen molar-refractivity contribution >= 4 is 48.2 Å². The van der Waals surface area contributed by atoms with E-state index in [1.165, 1.54) is 16.8 Å². The van der Waals surface area contributed by atoms with Gasteiger partial charge in [-0.1, -0.05) is 72.8 Å². The Hall–Kier alpha value is -5.00. The van der Waals surface area contributed by atoms with E-state index in [4.69, 9.17) is 0 Å². The molecule has 0 atom stereocenters. The van der Waals surface area contributed by atoms with Crippen LogP contribution in [0.3, 0.4) is 0 Å². The van der Waals surface area contributed by atoms with Crippen LogP contribution in [-0.2, 0) is 9.84 Å².